The normalized spacial score (nSPS) is 10.1. The van der Waals surface area contributed by atoms with Crippen LogP contribution in [0, 0.1) is 12.3 Å². The van der Waals surface area contributed by atoms with Gasteiger partial charge in [0.15, 0.2) is 6.61 Å². The number of hydrogen-bond donors (Lipinski definition) is 3. The molecule has 7 nitrogen and oxygen atoms in total. The summed E-state index contributed by atoms with van der Waals surface area (Å²) >= 11 is 3.31. The Kier molecular flexibility index (Phi) is 6.66. The summed E-state index contributed by atoms with van der Waals surface area (Å²) < 4.78 is 5.94. The molecule has 0 aliphatic heterocycles. The molecular weight excluding hydrogens is 436 g/mol. The first-order chi connectivity index (χ1) is 14.0. The number of terminal acetylenes is 1. The number of para-hydroxylation sites is 1. The summed E-state index contributed by atoms with van der Waals surface area (Å²) in [6.45, 7) is 0.0908. The molecule has 0 saturated carbocycles. The summed E-state index contributed by atoms with van der Waals surface area (Å²) in [6, 6.07) is 13.8. The Hall–Kier alpha value is -3.57. The SMILES string of the molecule is C#CCOc1nc(Nc2cccc(NC(=O)Cc3ccccc3O)c2)ncc1Br. The number of carbonyl (C=O) groups excluding carboxylic acids is 1. The molecule has 1 amide bonds. The van der Waals surface area contributed by atoms with Gasteiger partial charge in [0.25, 0.3) is 0 Å². The van der Waals surface area contributed by atoms with Gasteiger partial charge in [-0.1, -0.05) is 30.2 Å². The topological polar surface area (TPSA) is 96.4 Å². The van der Waals surface area contributed by atoms with Gasteiger partial charge in [0.1, 0.15) is 5.75 Å². The predicted molar refractivity (Wildman–Crippen MR) is 114 cm³/mol. The lowest BCUT2D eigenvalue weighted by atomic mass is 10.1. The third kappa shape index (κ3) is 5.70. The van der Waals surface area contributed by atoms with Crippen molar-refractivity contribution in [3.63, 3.8) is 0 Å². The van der Waals surface area contributed by atoms with Gasteiger partial charge in [-0.05, 0) is 40.2 Å². The van der Waals surface area contributed by atoms with Gasteiger partial charge < -0.3 is 20.5 Å². The van der Waals surface area contributed by atoms with Crippen molar-refractivity contribution in [2.75, 3.05) is 17.2 Å². The minimum atomic E-state index is -0.242. The molecule has 29 heavy (non-hydrogen) atoms. The van der Waals surface area contributed by atoms with Crippen LogP contribution in [-0.4, -0.2) is 27.6 Å². The van der Waals surface area contributed by atoms with Gasteiger partial charge >= 0.3 is 0 Å². The number of anilines is 3. The van der Waals surface area contributed by atoms with Crippen LogP contribution in [0.25, 0.3) is 0 Å². The number of benzene rings is 2. The van der Waals surface area contributed by atoms with E-state index in [-0.39, 0.29) is 24.7 Å². The number of nitrogens with one attached hydrogen (secondary N) is 2. The first-order valence-electron chi connectivity index (χ1n) is 8.58. The van der Waals surface area contributed by atoms with Crippen molar-refractivity contribution in [2.24, 2.45) is 0 Å². The Morgan fingerprint density at radius 3 is 2.79 bits per heavy atom. The van der Waals surface area contributed by atoms with Crippen LogP contribution < -0.4 is 15.4 Å². The lowest BCUT2D eigenvalue weighted by Gasteiger charge is -2.10. The van der Waals surface area contributed by atoms with Crippen LogP contribution in [-0.2, 0) is 11.2 Å². The molecular formula is C21H17BrN4O3. The fourth-order valence-electron chi connectivity index (χ4n) is 2.47. The molecule has 3 N–H and O–H groups in total. The van der Waals surface area contributed by atoms with Crippen LogP contribution in [0.2, 0.25) is 0 Å². The van der Waals surface area contributed by atoms with Gasteiger partial charge in [-0.15, -0.1) is 6.42 Å². The first-order valence-corrected chi connectivity index (χ1v) is 9.37. The second-order valence-electron chi connectivity index (χ2n) is 5.90. The molecule has 8 heteroatoms. The average Bonchev–Trinajstić information content (AvgIpc) is 2.70. The zero-order chi connectivity index (χ0) is 20.6. The van der Waals surface area contributed by atoms with E-state index in [1.54, 1.807) is 48.7 Å². The Morgan fingerprint density at radius 2 is 2.00 bits per heavy atom. The van der Waals surface area contributed by atoms with Crippen LogP contribution in [0.5, 0.6) is 11.6 Å². The number of halogens is 1. The summed E-state index contributed by atoms with van der Waals surface area (Å²) in [7, 11) is 0. The number of carbonyl (C=O) groups is 1. The second kappa shape index (κ2) is 9.57. The third-order valence-electron chi connectivity index (χ3n) is 3.75. The molecule has 0 aliphatic carbocycles. The number of ether oxygens (including phenoxy) is 1. The van der Waals surface area contributed by atoms with Gasteiger partial charge in [0.2, 0.25) is 17.7 Å². The fraction of sp³-hybridized carbons (Fsp3) is 0.0952. The molecule has 0 saturated heterocycles. The lowest BCUT2D eigenvalue weighted by molar-refractivity contribution is -0.115. The number of nitrogens with zero attached hydrogens (tertiary/aromatic N) is 2. The van der Waals surface area contributed by atoms with E-state index in [0.717, 1.165) is 0 Å². The van der Waals surface area contributed by atoms with Gasteiger partial charge in [-0.2, -0.15) is 4.98 Å². The molecule has 0 fully saturated rings. The molecule has 0 aliphatic rings. The van der Waals surface area contributed by atoms with Crippen molar-refractivity contribution in [3.05, 3.63) is 64.8 Å². The fourth-order valence-corrected chi connectivity index (χ4v) is 2.77. The van der Waals surface area contributed by atoms with Crippen molar-refractivity contribution in [1.82, 2.24) is 9.97 Å². The maximum absolute atomic E-state index is 12.3. The summed E-state index contributed by atoms with van der Waals surface area (Å²) in [5.41, 5.74) is 1.83. The molecule has 3 aromatic rings. The van der Waals surface area contributed by atoms with E-state index in [9.17, 15) is 9.90 Å². The number of amides is 1. The number of aromatic hydroxyl groups is 1. The Labute approximate surface area is 176 Å². The molecule has 0 atom stereocenters. The number of phenolic OH excluding ortho intramolecular Hbond substituents is 1. The Morgan fingerprint density at radius 1 is 1.21 bits per heavy atom. The average molecular weight is 453 g/mol. The van der Waals surface area contributed by atoms with Crippen molar-refractivity contribution in [2.45, 2.75) is 6.42 Å². The Balaban J connectivity index is 1.67. The highest BCUT2D eigenvalue weighted by Crippen LogP contribution is 2.25. The molecule has 1 heterocycles. The van der Waals surface area contributed by atoms with Gasteiger partial charge in [-0.25, -0.2) is 4.98 Å². The molecule has 2 aromatic carbocycles. The largest absolute Gasteiger partial charge is 0.508 e. The van der Waals surface area contributed by atoms with Crippen LogP contribution in [0.1, 0.15) is 5.56 Å². The van der Waals surface area contributed by atoms with E-state index < -0.39 is 0 Å². The number of rotatable bonds is 7. The maximum atomic E-state index is 12.3. The Bertz CT molecular complexity index is 1070. The van der Waals surface area contributed by atoms with Crippen molar-refractivity contribution in [3.8, 4) is 24.0 Å². The highest BCUT2D eigenvalue weighted by molar-refractivity contribution is 9.10. The molecule has 146 valence electrons. The number of phenols is 1. The monoisotopic (exact) mass is 452 g/mol. The standard InChI is InChI=1S/C21H17BrN4O3/c1-2-10-29-20-17(22)13-23-21(26-20)25-16-8-5-7-15(12-16)24-19(28)11-14-6-3-4-9-18(14)27/h1,3-9,12-13,27H,10-11H2,(H,24,28)(H,23,25,26). The van der Waals surface area contributed by atoms with E-state index in [1.807, 2.05) is 6.07 Å². The molecule has 0 radical (unpaired) electrons. The van der Waals surface area contributed by atoms with E-state index in [4.69, 9.17) is 11.2 Å². The van der Waals surface area contributed by atoms with Gasteiger partial charge in [-0.3, -0.25) is 4.79 Å². The lowest BCUT2D eigenvalue weighted by Crippen LogP contribution is -2.14. The van der Waals surface area contributed by atoms with Gasteiger partial charge in [0.05, 0.1) is 17.1 Å². The van der Waals surface area contributed by atoms with E-state index in [1.165, 1.54) is 0 Å². The van der Waals surface area contributed by atoms with Crippen molar-refractivity contribution < 1.29 is 14.6 Å². The highest BCUT2D eigenvalue weighted by atomic mass is 79.9. The quantitative estimate of drug-likeness (QED) is 0.470. The molecule has 0 unspecified atom stereocenters. The van der Waals surface area contributed by atoms with E-state index in [2.05, 4.69) is 42.5 Å². The maximum Gasteiger partial charge on any atom is 0.233 e. The first kappa shape index (κ1) is 20.2. The molecule has 1 aromatic heterocycles. The van der Waals surface area contributed by atoms with E-state index in [0.29, 0.717) is 33.2 Å². The second-order valence-corrected chi connectivity index (χ2v) is 6.75. The number of aromatic nitrogens is 2. The minimum absolute atomic E-state index is 0.0655. The molecule has 0 spiro atoms. The number of hydrogen-bond acceptors (Lipinski definition) is 6. The summed E-state index contributed by atoms with van der Waals surface area (Å²) in [6.07, 6.45) is 6.82. The molecule has 3 rings (SSSR count). The summed E-state index contributed by atoms with van der Waals surface area (Å²) in [4.78, 5) is 20.7. The van der Waals surface area contributed by atoms with Crippen molar-refractivity contribution in [1.29, 1.82) is 0 Å². The van der Waals surface area contributed by atoms with Crippen LogP contribution in [0.15, 0.2) is 59.2 Å². The highest BCUT2D eigenvalue weighted by Gasteiger charge is 2.09. The zero-order valence-electron chi connectivity index (χ0n) is 15.2. The molecule has 0 bridgehead atoms. The summed E-state index contributed by atoms with van der Waals surface area (Å²) in [5, 5.41) is 15.7. The van der Waals surface area contributed by atoms with Crippen LogP contribution >= 0.6 is 15.9 Å². The zero-order valence-corrected chi connectivity index (χ0v) is 16.8. The smallest absolute Gasteiger partial charge is 0.233 e. The minimum Gasteiger partial charge on any atom is -0.508 e. The predicted octanol–water partition coefficient (Wildman–Crippen LogP) is 3.88. The van der Waals surface area contributed by atoms with Gasteiger partial charge in [0, 0.05) is 16.9 Å². The van der Waals surface area contributed by atoms with E-state index >= 15 is 0 Å². The van der Waals surface area contributed by atoms with Crippen LogP contribution in [0.4, 0.5) is 17.3 Å². The third-order valence-corrected chi connectivity index (χ3v) is 4.29. The summed E-state index contributed by atoms with van der Waals surface area (Å²) in [5.74, 6) is 2.87. The van der Waals surface area contributed by atoms with Crippen LogP contribution in [0.3, 0.4) is 0 Å². The van der Waals surface area contributed by atoms with Crippen molar-refractivity contribution >= 4 is 39.2 Å².